The van der Waals surface area contributed by atoms with E-state index in [9.17, 15) is 0 Å². The van der Waals surface area contributed by atoms with Crippen LogP contribution in [0.4, 0.5) is 5.82 Å². The number of aromatic nitrogens is 2. The summed E-state index contributed by atoms with van der Waals surface area (Å²) in [6.45, 7) is 5.20. The average molecular weight is 272 g/mol. The highest BCUT2D eigenvalue weighted by Gasteiger charge is 2.02. The summed E-state index contributed by atoms with van der Waals surface area (Å²) in [5.74, 6) is 1.33. The van der Waals surface area contributed by atoms with Crippen LogP contribution in [0.2, 0.25) is 0 Å². The minimum atomic E-state index is 0.0987. The summed E-state index contributed by atoms with van der Waals surface area (Å²) in [5, 5.41) is 3.25. The number of hydrogen-bond donors (Lipinski definition) is 2. The highest BCUT2D eigenvalue weighted by molar-refractivity contribution is 5.38. The number of benzene rings is 1. The van der Waals surface area contributed by atoms with E-state index in [1.54, 1.807) is 6.07 Å². The Bertz CT molecular complexity index is 540. The summed E-state index contributed by atoms with van der Waals surface area (Å²) in [7, 11) is 0. The Balaban J connectivity index is 1.95. The van der Waals surface area contributed by atoms with E-state index >= 15 is 0 Å². The van der Waals surface area contributed by atoms with Gasteiger partial charge in [-0.25, -0.2) is 9.97 Å². The first-order chi connectivity index (χ1) is 9.67. The summed E-state index contributed by atoms with van der Waals surface area (Å²) >= 11 is 0. The Morgan fingerprint density at radius 1 is 1.15 bits per heavy atom. The fraction of sp³-hybridized carbons (Fsp3) is 0.333. The number of rotatable bonds is 6. The zero-order valence-corrected chi connectivity index (χ0v) is 11.8. The fourth-order valence-electron chi connectivity index (χ4n) is 1.73. The van der Waals surface area contributed by atoms with Crippen molar-refractivity contribution >= 4 is 5.82 Å². The molecule has 1 aromatic heterocycles. The van der Waals surface area contributed by atoms with Crippen molar-refractivity contribution in [2.45, 2.75) is 33.0 Å². The molecule has 1 aromatic carbocycles. The van der Waals surface area contributed by atoms with Gasteiger partial charge in [0.15, 0.2) is 0 Å². The van der Waals surface area contributed by atoms with Crippen LogP contribution in [0.25, 0.3) is 0 Å². The average Bonchev–Trinajstić information content (AvgIpc) is 2.45. The Labute approximate surface area is 119 Å². The van der Waals surface area contributed by atoms with Gasteiger partial charge in [0.05, 0.1) is 6.10 Å². The van der Waals surface area contributed by atoms with Crippen molar-refractivity contribution in [3.05, 3.63) is 47.8 Å². The van der Waals surface area contributed by atoms with Gasteiger partial charge < -0.3 is 15.8 Å². The summed E-state index contributed by atoms with van der Waals surface area (Å²) in [4.78, 5) is 8.24. The number of hydrogen-bond acceptors (Lipinski definition) is 5. The van der Waals surface area contributed by atoms with Crippen molar-refractivity contribution in [2.75, 3.05) is 5.32 Å². The molecule has 2 aromatic rings. The van der Waals surface area contributed by atoms with Crippen LogP contribution in [-0.4, -0.2) is 16.1 Å². The van der Waals surface area contributed by atoms with Crippen LogP contribution in [0.1, 0.15) is 25.0 Å². The lowest BCUT2D eigenvalue weighted by Gasteiger charge is -2.10. The molecule has 3 N–H and O–H groups in total. The Morgan fingerprint density at radius 3 is 2.50 bits per heavy atom. The topological polar surface area (TPSA) is 73.1 Å². The summed E-state index contributed by atoms with van der Waals surface area (Å²) in [6.07, 6.45) is 1.60. The van der Waals surface area contributed by atoms with E-state index < -0.39 is 0 Å². The molecular formula is C15H20N4O. The predicted octanol–water partition coefficient (Wildman–Crippen LogP) is 2.33. The second kappa shape index (κ2) is 6.86. The van der Waals surface area contributed by atoms with E-state index in [0.717, 1.165) is 11.4 Å². The molecule has 0 fully saturated rings. The molecule has 5 nitrogen and oxygen atoms in total. The number of nitrogens with two attached hydrogens (primary N) is 1. The standard InChI is InChI=1S/C15H20N4O/c1-11(2)20-15-7-14(18-10-19-15)17-9-13-5-3-12(8-16)4-6-13/h3-7,10-11H,8-9,16H2,1-2H3,(H,17,18,19). The normalized spacial score (nSPS) is 10.6. The zero-order chi connectivity index (χ0) is 14.4. The first-order valence-corrected chi connectivity index (χ1v) is 6.68. The first kappa shape index (κ1) is 14.3. The summed E-state index contributed by atoms with van der Waals surface area (Å²) in [5.41, 5.74) is 7.88. The van der Waals surface area contributed by atoms with E-state index in [1.807, 2.05) is 26.0 Å². The largest absolute Gasteiger partial charge is 0.475 e. The molecule has 0 spiro atoms. The molecule has 2 rings (SSSR count). The van der Waals surface area contributed by atoms with E-state index in [0.29, 0.717) is 19.0 Å². The van der Waals surface area contributed by atoms with Crippen LogP contribution >= 0.6 is 0 Å². The molecule has 0 aliphatic carbocycles. The monoisotopic (exact) mass is 272 g/mol. The van der Waals surface area contributed by atoms with Crippen molar-refractivity contribution in [3.8, 4) is 5.88 Å². The smallest absolute Gasteiger partial charge is 0.218 e. The summed E-state index contributed by atoms with van der Waals surface area (Å²) in [6, 6.07) is 9.98. The third kappa shape index (κ3) is 4.20. The lowest BCUT2D eigenvalue weighted by Crippen LogP contribution is -2.08. The molecule has 0 atom stereocenters. The quantitative estimate of drug-likeness (QED) is 0.844. The number of ether oxygens (including phenoxy) is 1. The molecule has 0 amide bonds. The van der Waals surface area contributed by atoms with Gasteiger partial charge in [0, 0.05) is 19.2 Å². The SMILES string of the molecule is CC(C)Oc1cc(NCc2ccc(CN)cc2)ncn1. The third-order valence-corrected chi connectivity index (χ3v) is 2.73. The third-order valence-electron chi connectivity index (χ3n) is 2.73. The van der Waals surface area contributed by atoms with Gasteiger partial charge in [-0.2, -0.15) is 0 Å². The number of nitrogens with zero attached hydrogens (tertiary/aromatic N) is 2. The lowest BCUT2D eigenvalue weighted by atomic mass is 10.1. The number of anilines is 1. The molecular weight excluding hydrogens is 252 g/mol. The zero-order valence-electron chi connectivity index (χ0n) is 11.8. The molecule has 0 aliphatic rings. The molecule has 20 heavy (non-hydrogen) atoms. The fourth-order valence-corrected chi connectivity index (χ4v) is 1.73. The van der Waals surface area contributed by atoms with Gasteiger partial charge in [-0.15, -0.1) is 0 Å². The van der Waals surface area contributed by atoms with Crippen LogP contribution in [0.5, 0.6) is 5.88 Å². The van der Waals surface area contributed by atoms with Gasteiger partial charge >= 0.3 is 0 Å². The number of nitrogens with one attached hydrogen (secondary N) is 1. The minimum absolute atomic E-state index is 0.0987. The van der Waals surface area contributed by atoms with Gasteiger partial charge in [0.1, 0.15) is 12.1 Å². The van der Waals surface area contributed by atoms with Crippen molar-refractivity contribution in [1.29, 1.82) is 0 Å². The van der Waals surface area contributed by atoms with Gasteiger partial charge in [-0.3, -0.25) is 0 Å². The maximum absolute atomic E-state index is 5.57. The molecule has 0 radical (unpaired) electrons. The first-order valence-electron chi connectivity index (χ1n) is 6.68. The van der Waals surface area contributed by atoms with Crippen molar-refractivity contribution < 1.29 is 4.74 Å². The molecule has 0 bridgehead atoms. The van der Waals surface area contributed by atoms with Gasteiger partial charge in [0.25, 0.3) is 0 Å². The van der Waals surface area contributed by atoms with Crippen LogP contribution in [-0.2, 0) is 13.1 Å². The molecule has 0 unspecified atom stereocenters. The Kier molecular flexibility index (Phi) is 4.90. The van der Waals surface area contributed by atoms with Crippen molar-refractivity contribution in [2.24, 2.45) is 5.73 Å². The predicted molar refractivity (Wildman–Crippen MR) is 79.5 cm³/mol. The second-order valence-corrected chi connectivity index (χ2v) is 4.78. The highest BCUT2D eigenvalue weighted by atomic mass is 16.5. The van der Waals surface area contributed by atoms with Crippen molar-refractivity contribution in [3.63, 3.8) is 0 Å². The van der Waals surface area contributed by atoms with Crippen LogP contribution in [0.15, 0.2) is 36.7 Å². The minimum Gasteiger partial charge on any atom is -0.475 e. The van der Waals surface area contributed by atoms with E-state index in [1.165, 1.54) is 11.9 Å². The van der Waals surface area contributed by atoms with E-state index in [4.69, 9.17) is 10.5 Å². The second-order valence-electron chi connectivity index (χ2n) is 4.78. The molecule has 106 valence electrons. The molecule has 1 heterocycles. The van der Waals surface area contributed by atoms with Gasteiger partial charge in [-0.1, -0.05) is 24.3 Å². The van der Waals surface area contributed by atoms with Gasteiger partial charge in [-0.05, 0) is 25.0 Å². The Morgan fingerprint density at radius 2 is 1.85 bits per heavy atom. The Hall–Kier alpha value is -2.14. The van der Waals surface area contributed by atoms with Crippen molar-refractivity contribution in [1.82, 2.24) is 9.97 Å². The highest BCUT2D eigenvalue weighted by Crippen LogP contribution is 2.13. The maximum Gasteiger partial charge on any atom is 0.218 e. The molecule has 0 saturated carbocycles. The molecule has 5 heteroatoms. The molecule has 0 saturated heterocycles. The van der Waals surface area contributed by atoms with E-state index in [2.05, 4.69) is 27.4 Å². The summed E-state index contributed by atoms with van der Waals surface area (Å²) < 4.78 is 5.53. The van der Waals surface area contributed by atoms with Crippen LogP contribution in [0, 0.1) is 0 Å². The van der Waals surface area contributed by atoms with E-state index in [-0.39, 0.29) is 6.10 Å². The van der Waals surface area contributed by atoms with Crippen LogP contribution < -0.4 is 15.8 Å². The maximum atomic E-state index is 5.57. The lowest BCUT2D eigenvalue weighted by molar-refractivity contribution is 0.232. The molecule has 0 aliphatic heterocycles. The van der Waals surface area contributed by atoms with Gasteiger partial charge in [0.2, 0.25) is 5.88 Å². The van der Waals surface area contributed by atoms with Crippen LogP contribution in [0.3, 0.4) is 0 Å².